The van der Waals surface area contributed by atoms with E-state index in [0.717, 1.165) is 21.2 Å². The van der Waals surface area contributed by atoms with Crippen LogP contribution in [0.4, 0.5) is 0 Å². The lowest BCUT2D eigenvalue weighted by molar-refractivity contribution is -0.144. The Labute approximate surface area is 252 Å². The summed E-state index contributed by atoms with van der Waals surface area (Å²) in [6, 6.07) is 12.0. The summed E-state index contributed by atoms with van der Waals surface area (Å²) >= 11 is 0. The van der Waals surface area contributed by atoms with Crippen molar-refractivity contribution in [3.63, 3.8) is 0 Å². The average Bonchev–Trinajstić information content (AvgIpc) is 2.92. The lowest BCUT2D eigenvalue weighted by Gasteiger charge is -2.34. The summed E-state index contributed by atoms with van der Waals surface area (Å²) in [6.45, 7) is -4.55. The summed E-state index contributed by atoms with van der Waals surface area (Å²) in [4.78, 5) is 70.3. The van der Waals surface area contributed by atoms with Gasteiger partial charge in [0.15, 0.2) is 0 Å². The van der Waals surface area contributed by atoms with Crippen molar-refractivity contribution >= 4 is 48.8 Å². The number of aliphatic carboxylic acids is 4. The van der Waals surface area contributed by atoms with Crippen LogP contribution in [-0.4, -0.2) is 142 Å². The monoisotopic (exact) mass is 641 g/mol. The molecule has 0 radical (unpaired) electrons. The minimum absolute atomic E-state index is 0.0832. The molecule has 0 fully saturated rings. The number of carboxylic acids is 4. The molecule has 16 nitrogen and oxygen atoms in total. The normalized spacial score (nSPS) is 13.6. The third kappa shape index (κ3) is 14.1. The number of carboxylic acid groups (broad SMARTS) is 4. The van der Waals surface area contributed by atoms with Gasteiger partial charge in [0, 0.05) is 25.7 Å². The first-order chi connectivity index (χ1) is 20.8. The molecule has 0 saturated heterocycles. The first-order valence-electron chi connectivity index (χ1n) is 13.4. The molecule has 5 N–H and O–H groups in total. The van der Waals surface area contributed by atoms with E-state index in [-0.39, 0.29) is 39.2 Å². The molecule has 2 aromatic carbocycles. The minimum Gasteiger partial charge on any atom is -0.480 e. The summed E-state index contributed by atoms with van der Waals surface area (Å²) in [5.41, 5.74) is 0.825. The molecule has 2 aromatic rings. The molecule has 242 valence electrons. The summed E-state index contributed by atoms with van der Waals surface area (Å²) in [6.07, 6.45) is 0.730. The van der Waals surface area contributed by atoms with Crippen LogP contribution >= 0.6 is 7.82 Å². The van der Waals surface area contributed by atoms with Gasteiger partial charge in [0.05, 0.1) is 45.9 Å². The fourth-order valence-corrected chi connectivity index (χ4v) is 5.12. The smallest absolute Gasteiger partial charge is 0.472 e. The van der Waals surface area contributed by atoms with E-state index in [1.807, 2.05) is 42.5 Å². The lowest BCUT2D eigenvalue weighted by Crippen LogP contribution is -2.52. The molecule has 0 amide bonds. The number of nitrogens with zero attached hydrogens (tertiary/aromatic N) is 3. The molecule has 0 saturated carbocycles. The molecule has 0 aromatic heterocycles. The van der Waals surface area contributed by atoms with Crippen molar-refractivity contribution in [2.24, 2.45) is 0 Å². The molecular weight excluding hydrogens is 605 g/mol. The maximum Gasteiger partial charge on any atom is 0.472 e. The Morgan fingerprint density at radius 2 is 1.36 bits per heavy atom. The average molecular weight is 642 g/mol. The number of benzene rings is 2. The summed E-state index contributed by atoms with van der Waals surface area (Å²) < 4.78 is 22.9. The van der Waals surface area contributed by atoms with Gasteiger partial charge in [-0.05, 0) is 22.8 Å². The summed E-state index contributed by atoms with van der Waals surface area (Å²) in [5.74, 6) is -5.37. The van der Waals surface area contributed by atoms with Gasteiger partial charge in [-0.15, -0.1) is 0 Å². The van der Waals surface area contributed by atoms with Crippen molar-refractivity contribution in [1.82, 2.24) is 14.7 Å². The van der Waals surface area contributed by atoms with Gasteiger partial charge in [0.1, 0.15) is 6.29 Å². The van der Waals surface area contributed by atoms with E-state index in [1.54, 1.807) is 0 Å². The van der Waals surface area contributed by atoms with E-state index in [4.69, 9.17) is 14.2 Å². The van der Waals surface area contributed by atoms with Crippen LogP contribution < -0.4 is 0 Å². The fourth-order valence-electron chi connectivity index (χ4n) is 4.36. The van der Waals surface area contributed by atoms with Gasteiger partial charge in [-0.25, -0.2) is 4.57 Å². The van der Waals surface area contributed by atoms with Crippen LogP contribution in [0.25, 0.3) is 10.8 Å². The molecule has 0 heterocycles. The third-order valence-electron chi connectivity index (χ3n) is 6.33. The van der Waals surface area contributed by atoms with E-state index in [1.165, 1.54) is 9.80 Å². The molecule has 17 heteroatoms. The Kier molecular flexibility index (Phi) is 15.0. The molecule has 0 aliphatic heterocycles. The number of carbonyl (C=O) groups excluding carboxylic acids is 1. The molecule has 0 aliphatic rings. The maximum atomic E-state index is 12.7. The maximum absolute atomic E-state index is 12.7. The highest BCUT2D eigenvalue weighted by Crippen LogP contribution is 2.43. The Balaban J connectivity index is 2.15. The standard InChI is InChI=1S/C27H36N3O13P/c31-11-10-28(15-24(32)33)8-9-29(16-25(34)35)14-23(30(17-26(36)37)18-27(38)39)19-43-44(40,41)42-12-7-20-5-6-21-3-1-2-4-22(21)13-20/h1-6,11,13,23H,7-10,12,14-19H2,(H,32,33)(H,34,35)(H,36,37)(H,38,39)(H,40,41). The van der Waals surface area contributed by atoms with Crippen LogP contribution in [0.15, 0.2) is 42.5 Å². The Morgan fingerprint density at radius 1 is 0.795 bits per heavy atom. The van der Waals surface area contributed by atoms with Gasteiger partial charge in [-0.1, -0.05) is 42.5 Å². The minimum atomic E-state index is -4.74. The highest BCUT2D eigenvalue weighted by Gasteiger charge is 2.30. The number of fused-ring (bicyclic) bond motifs is 1. The van der Waals surface area contributed by atoms with E-state index in [9.17, 15) is 48.8 Å². The molecule has 44 heavy (non-hydrogen) atoms. The van der Waals surface area contributed by atoms with Crippen LogP contribution in [0, 0.1) is 0 Å². The van der Waals surface area contributed by atoms with Gasteiger partial charge in [0.25, 0.3) is 0 Å². The van der Waals surface area contributed by atoms with Gasteiger partial charge in [-0.3, -0.25) is 42.9 Å². The second-order valence-electron chi connectivity index (χ2n) is 9.80. The zero-order valence-electron chi connectivity index (χ0n) is 23.8. The van der Waals surface area contributed by atoms with Crippen molar-refractivity contribution in [3.05, 3.63) is 48.0 Å². The molecule has 0 spiro atoms. The zero-order valence-corrected chi connectivity index (χ0v) is 24.7. The lowest BCUT2D eigenvalue weighted by atomic mass is 10.1. The quantitative estimate of drug-likeness (QED) is 0.0812. The van der Waals surface area contributed by atoms with Crippen LogP contribution in [0.3, 0.4) is 0 Å². The number of hydrogen-bond acceptors (Lipinski definition) is 11. The van der Waals surface area contributed by atoms with Gasteiger partial charge in [-0.2, -0.15) is 0 Å². The first kappa shape index (κ1) is 36.4. The number of aldehydes is 1. The number of phosphoric ester groups is 1. The zero-order chi connectivity index (χ0) is 32.7. The fraction of sp³-hybridized carbons (Fsp3) is 0.444. The number of hydrogen-bond donors (Lipinski definition) is 5. The summed E-state index contributed by atoms with van der Waals surface area (Å²) in [7, 11) is -4.74. The van der Waals surface area contributed by atoms with Crippen molar-refractivity contribution < 1.29 is 62.9 Å². The van der Waals surface area contributed by atoms with Gasteiger partial charge in [0.2, 0.25) is 0 Å². The van der Waals surface area contributed by atoms with E-state index in [2.05, 4.69) is 0 Å². The van der Waals surface area contributed by atoms with E-state index in [0.29, 0.717) is 6.29 Å². The van der Waals surface area contributed by atoms with E-state index >= 15 is 0 Å². The Morgan fingerprint density at radius 3 is 1.95 bits per heavy atom. The second kappa shape index (κ2) is 18.1. The highest BCUT2D eigenvalue weighted by molar-refractivity contribution is 7.47. The van der Waals surface area contributed by atoms with Crippen LogP contribution in [0.2, 0.25) is 0 Å². The SMILES string of the molecule is O=CCN(CCN(CC(=O)O)CC(COP(=O)(O)OCCc1ccc2ccccc2c1)N(CC(=O)O)CC(=O)O)CC(=O)O. The van der Waals surface area contributed by atoms with Crippen molar-refractivity contribution in [2.75, 3.05) is 65.6 Å². The summed E-state index contributed by atoms with van der Waals surface area (Å²) in [5, 5.41) is 39.2. The van der Waals surface area contributed by atoms with Crippen LogP contribution in [0.1, 0.15) is 5.56 Å². The van der Waals surface area contributed by atoms with Crippen LogP contribution in [0.5, 0.6) is 0 Å². The van der Waals surface area contributed by atoms with Crippen LogP contribution in [-0.2, 0) is 44.0 Å². The van der Waals surface area contributed by atoms with Gasteiger partial charge >= 0.3 is 31.7 Å². The molecule has 2 rings (SSSR count). The highest BCUT2D eigenvalue weighted by atomic mass is 31.2. The Bertz CT molecular complexity index is 1330. The molecule has 0 aliphatic carbocycles. The Hall–Kier alpha value is -3.76. The predicted octanol–water partition coefficient (Wildman–Crippen LogP) is 0.328. The number of carbonyl (C=O) groups is 5. The van der Waals surface area contributed by atoms with Gasteiger partial charge < -0.3 is 30.1 Å². The molecule has 2 unspecified atom stereocenters. The van der Waals surface area contributed by atoms with Crippen molar-refractivity contribution in [2.45, 2.75) is 12.5 Å². The number of rotatable bonds is 23. The van der Waals surface area contributed by atoms with Crippen molar-refractivity contribution in [1.29, 1.82) is 0 Å². The number of phosphoric acid groups is 1. The first-order valence-corrected chi connectivity index (χ1v) is 14.9. The topological polar surface area (TPSA) is 232 Å². The molecule has 2 atom stereocenters. The largest absolute Gasteiger partial charge is 0.480 e. The molecule has 0 bridgehead atoms. The second-order valence-corrected chi connectivity index (χ2v) is 11.3. The molecular formula is C27H36N3O13P. The predicted molar refractivity (Wildman–Crippen MR) is 154 cm³/mol. The van der Waals surface area contributed by atoms with E-state index < -0.39 is 70.5 Å². The third-order valence-corrected chi connectivity index (χ3v) is 7.32. The van der Waals surface area contributed by atoms with Crippen molar-refractivity contribution in [3.8, 4) is 0 Å².